The minimum absolute atomic E-state index is 0.0265. The molecule has 136 valence electrons. The first-order chi connectivity index (χ1) is 12.5. The molecule has 2 aromatic rings. The topological polar surface area (TPSA) is 46.2 Å². The SMILES string of the molecule is C=C1c2ccccc2C(=O)c2ccc(C(=O)NCC(S)CC)cc21.CC. The Bertz CT molecular complexity index is 842. The van der Waals surface area contributed by atoms with Gasteiger partial charge in [0.25, 0.3) is 5.91 Å². The molecule has 1 unspecified atom stereocenters. The fourth-order valence-corrected chi connectivity index (χ4v) is 2.92. The Morgan fingerprint density at radius 3 is 2.35 bits per heavy atom. The van der Waals surface area contributed by atoms with Crippen LogP contribution in [0.25, 0.3) is 5.57 Å². The van der Waals surface area contributed by atoms with E-state index in [4.69, 9.17) is 0 Å². The van der Waals surface area contributed by atoms with Gasteiger partial charge in [-0.05, 0) is 41.3 Å². The molecule has 0 saturated carbocycles. The van der Waals surface area contributed by atoms with Gasteiger partial charge in [0.2, 0.25) is 0 Å². The van der Waals surface area contributed by atoms with Gasteiger partial charge in [-0.1, -0.05) is 51.6 Å². The number of carbonyl (C=O) groups is 2. The Morgan fingerprint density at radius 2 is 1.69 bits per heavy atom. The molecule has 3 nitrogen and oxygen atoms in total. The van der Waals surface area contributed by atoms with Crippen LogP contribution in [0.2, 0.25) is 0 Å². The maximum Gasteiger partial charge on any atom is 0.251 e. The van der Waals surface area contributed by atoms with Gasteiger partial charge in [-0.2, -0.15) is 12.6 Å². The predicted octanol–water partition coefficient (Wildman–Crippen LogP) is 4.76. The van der Waals surface area contributed by atoms with Gasteiger partial charge in [0.05, 0.1) is 0 Å². The lowest BCUT2D eigenvalue weighted by atomic mass is 9.81. The van der Waals surface area contributed by atoms with E-state index < -0.39 is 0 Å². The van der Waals surface area contributed by atoms with Crippen LogP contribution in [-0.4, -0.2) is 23.5 Å². The fraction of sp³-hybridized carbons (Fsp3) is 0.273. The van der Waals surface area contributed by atoms with Gasteiger partial charge in [-0.25, -0.2) is 0 Å². The largest absolute Gasteiger partial charge is 0.351 e. The molecule has 1 aliphatic rings. The van der Waals surface area contributed by atoms with E-state index in [0.717, 1.165) is 23.1 Å². The summed E-state index contributed by atoms with van der Waals surface area (Å²) >= 11 is 4.38. The molecule has 0 spiro atoms. The van der Waals surface area contributed by atoms with Crippen molar-refractivity contribution in [3.63, 3.8) is 0 Å². The number of hydrogen-bond donors (Lipinski definition) is 2. The number of hydrogen-bond acceptors (Lipinski definition) is 3. The number of rotatable bonds is 4. The highest BCUT2D eigenvalue weighted by Crippen LogP contribution is 2.35. The van der Waals surface area contributed by atoms with Gasteiger partial charge in [0.15, 0.2) is 5.78 Å². The number of nitrogens with one attached hydrogen (secondary N) is 1. The van der Waals surface area contributed by atoms with Crippen molar-refractivity contribution in [3.05, 3.63) is 76.9 Å². The van der Waals surface area contributed by atoms with Crippen molar-refractivity contribution in [3.8, 4) is 0 Å². The van der Waals surface area contributed by atoms with E-state index >= 15 is 0 Å². The number of amides is 1. The average molecular weight is 368 g/mol. The first-order valence-electron chi connectivity index (χ1n) is 8.96. The Labute approximate surface area is 160 Å². The number of carbonyl (C=O) groups excluding carboxylic acids is 2. The van der Waals surface area contributed by atoms with Crippen LogP contribution in [0.5, 0.6) is 0 Å². The molecule has 0 aliphatic heterocycles. The molecule has 4 heteroatoms. The molecular formula is C22H25NO2S. The Morgan fingerprint density at radius 1 is 1.08 bits per heavy atom. The second-order valence-electron chi connectivity index (χ2n) is 5.89. The van der Waals surface area contributed by atoms with Crippen LogP contribution in [-0.2, 0) is 0 Å². The monoisotopic (exact) mass is 367 g/mol. The highest BCUT2D eigenvalue weighted by molar-refractivity contribution is 7.81. The molecule has 0 saturated heterocycles. The van der Waals surface area contributed by atoms with Crippen molar-refractivity contribution in [1.29, 1.82) is 0 Å². The Kier molecular flexibility index (Phi) is 6.81. The minimum atomic E-state index is -0.163. The summed E-state index contributed by atoms with van der Waals surface area (Å²) in [4.78, 5) is 25.0. The molecule has 0 heterocycles. The summed E-state index contributed by atoms with van der Waals surface area (Å²) in [5.74, 6) is -0.189. The van der Waals surface area contributed by atoms with Crippen LogP contribution in [0.15, 0.2) is 49.0 Å². The van der Waals surface area contributed by atoms with Crippen LogP contribution < -0.4 is 5.32 Å². The maximum absolute atomic E-state index is 12.6. The normalized spacial score (nSPS) is 13.1. The van der Waals surface area contributed by atoms with Crippen molar-refractivity contribution in [2.24, 2.45) is 0 Å². The summed E-state index contributed by atoms with van der Waals surface area (Å²) in [6.45, 7) is 10.7. The summed E-state index contributed by atoms with van der Waals surface area (Å²) < 4.78 is 0. The zero-order valence-corrected chi connectivity index (χ0v) is 16.4. The van der Waals surface area contributed by atoms with Crippen LogP contribution in [0.4, 0.5) is 0 Å². The van der Waals surface area contributed by atoms with E-state index in [1.807, 2.05) is 45.0 Å². The van der Waals surface area contributed by atoms with E-state index in [9.17, 15) is 9.59 Å². The number of fused-ring (bicyclic) bond motifs is 2. The zero-order chi connectivity index (χ0) is 19.3. The molecule has 1 amide bonds. The van der Waals surface area contributed by atoms with E-state index in [1.54, 1.807) is 18.2 Å². The second kappa shape index (κ2) is 8.86. The number of benzene rings is 2. The van der Waals surface area contributed by atoms with Gasteiger partial charge in [-0.3, -0.25) is 9.59 Å². The summed E-state index contributed by atoms with van der Waals surface area (Å²) in [6.07, 6.45) is 0.885. The summed E-state index contributed by atoms with van der Waals surface area (Å²) in [5, 5.41) is 3.01. The minimum Gasteiger partial charge on any atom is -0.351 e. The van der Waals surface area contributed by atoms with E-state index in [-0.39, 0.29) is 16.9 Å². The summed E-state index contributed by atoms with van der Waals surface area (Å²) in [6, 6.07) is 12.6. The van der Waals surface area contributed by atoms with Crippen LogP contribution in [0.1, 0.15) is 64.6 Å². The molecule has 26 heavy (non-hydrogen) atoms. The average Bonchev–Trinajstić information content (AvgIpc) is 2.71. The lowest BCUT2D eigenvalue weighted by Crippen LogP contribution is -2.29. The van der Waals surface area contributed by atoms with Crippen LogP contribution in [0, 0.1) is 0 Å². The third kappa shape index (κ3) is 3.91. The van der Waals surface area contributed by atoms with Crippen molar-refractivity contribution in [2.45, 2.75) is 32.4 Å². The van der Waals surface area contributed by atoms with Gasteiger partial charge in [0, 0.05) is 28.5 Å². The highest BCUT2D eigenvalue weighted by atomic mass is 32.1. The number of thiol groups is 1. The Balaban J connectivity index is 0.00000117. The second-order valence-corrected chi connectivity index (χ2v) is 6.62. The highest BCUT2D eigenvalue weighted by Gasteiger charge is 2.26. The van der Waals surface area contributed by atoms with E-state index in [0.29, 0.717) is 23.2 Å². The molecule has 0 fully saturated rings. The van der Waals surface area contributed by atoms with Gasteiger partial charge in [-0.15, -0.1) is 0 Å². The van der Waals surface area contributed by atoms with Crippen molar-refractivity contribution < 1.29 is 9.59 Å². The van der Waals surface area contributed by atoms with Crippen molar-refractivity contribution in [1.82, 2.24) is 5.32 Å². The van der Waals surface area contributed by atoms with Gasteiger partial charge < -0.3 is 5.32 Å². The molecule has 2 aromatic carbocycles. The van der Waals surface area contributed by atoms with E-state index in [2.05, 4.69) is 24.5 Å². The quantitative estimate of drug-likeness (QED) is 0.653. The summed E-state index contributed by atoms with van der Waals surface area (Å²) in [7, 11) is 0. The molecule has 1 atom stereocenters. The van der Waals surface area contributed by atoms with Crippen molar-refractivity contribution >= 4 is 29.9 Å². The smallest absolute Gasteiger partial charge is 0.251 e. The first kappa shape index (κ1) is 20.0. The molecule has 0 aromatic heterocycles. The van der Waals surface area contributed by atoms with Crippen molar-refractivity contribution in [2.75, 3.05) is 6.54 Å². The van der Waals surface area contributed by atoms with Gasteiger partial charge >= 0.3 is 0 Å². The molecule has 1 aliphatic carbocycles. The van der Waals surface area contributed by atoms with Gasteiger partial charge in [0.1, 0.15) is 0 Å². The molecule has 3 rings (SSSR count). The number of ketones is 1. The van der Waals surface area contributed by atoms with Crippen LogP contribution >= 0.6 is 12.6 Å². The fourth-order valence-electron chi connectivity index (χ4n) is 2.82. The molecular weight excluding hydrogens is 342 g/mol. The summed E-state index contributed by atoms with van der Waals surface area (Å²) in [5.41, 5.74) is 4.11. The standard InChI is InChI=1S/C20H19NO2S.C2H6/c1-3-14(24)11-21-20(23)13-8-9-17-18(10-13)12(2)15-6-4-5-7-16(15)19(17)22;1-2/h4-10,14,24H,2-3,11H2,1H3,(H,21,23);1-2H3. The predicted molar refractivity (Wildman–Crippen MR) is 111 cm³/mol. The third-order valence-corrected chi connectivity index (χ3v) is 4.87. The molecule has 0 radical (unpaired) electrons. The molecule has 1 N–H and O–H groups in total. The Hall–Kier alpha value is -2.33. The zero-order valence-electron chi connectivity index (χ0n) is 15.5. The van der Waals surface area contributed by atoms with E-state index in [1.165, 1.54) is 0 Å². The third-order valence-electron chi connectivity index (χ3n) is 4.32. The lowest BCUT2D eigenvalue weighted by molar-refractivity contribution is 0.0952. The molecule has 0 bridgehead atoms. The van der Waals surface area contributed by atoms with Crippen LogP contribution in [0.3, 0.4) is 0 Å². The maximum atomic E-state index is 12.6. The lowest BCUT2D eigenvalue weighted by Gasteiger charge is -2.21. The first-order valence-corrected chi connectivity index (χ1v) is 9.48.